The van der Waals surface area contributed by atoms with Gasteiger partial charge in [-0.15, -0.1) is 0 Å². The van der Waals surface area contributed by atoms with Crippen molar-refractivity contribution in [3.05, 3.63) is 46.2 Å². The van der Waals surface area contributed by atoms with E-state index in [0.717, 1.165) is 0 Å². The van der Waals surface area contributed by atoms with Gasteiger partial charge in [0.15, 0.2) is 11.6 Å². The second-order valence-corrected chi connectivity index (χ2v) is 9.11. The number of phenolic OH excluding ortho intramolecular Hbond substituents is 1. The number of Topliss-reactive ketones (excluding diaryl/α,β-unsaturated/α-hetero) is 2. The Balaban J connectivity index is 2.05. The Labute approximate surface area is 182 Å². The maximum absolute atomic E-state index is 13.7. The average molecular weight is 445 g/mol. The number of hydrogen-bond acceptors (Lipinski definition) is 8. The largest absolute Gasteiger partial charge is 0.508 e. The SMILES string of the molecule is C[NH+](C)[C@@H]1C(=O)C(C(N)=O)=C(O)[C@@]2(O)C(=O)C3=C(O)c4c(O)cccc4[C@](C)(O)[C@H]3C[C@H]12. The highest BCUT2D eigenvalue weighted by Gasteiger charge is 2.67. The number of quaternary nitrogens is 1. The number of amides is 1. The Kier molecular flexibility index (Phi) is 4.57. The van der Waals surface area contributed by atoms with E-state index in [1.54, 1.807) is 14.1 Å². The predicted molar refractivity (Wildman–Crippen MR) is 109 cm³/mol. The number of aliphatic hydroxyl groups excluding tert-OH is 2. The van der Waals surface area contributed by atoms with Crippen LogP contribution in [0.1, 0.15) is 24.5 Å². The smallest absolute Gasteiger partial charge is 0.256 e. The Hall–Kier alpha value is -3.21. The number of nitrogens with one attached hydrogen (secondary N) is 1. The monoisotopic (exact) mass is 445 g/mol. The van der Waals surface area contributed by atoms with Gasteiger partial charge < -0.3 is 36.2 Å². The minimum absolute atomic E-state index is 0.167. The van der Waals surface area contributed by atoms with Crippen molar-refractivity contribution >= 4 is 23.2 Å². The quantitative estimate of drug-likeness (QED) is 0.260. The molecule has 0 radical (unpaired) electrons. The van der Waals surface area contributed by atoms with Crippen LogP contribution in [-0.4, -0.2) is 68.7 Å². The molecule has 5 atom stereocenters. The van der Waals surface area contributed by atoms with E-state index in [1.807, 2.05) is 0 Å². The molecule has 1 aromatic carbocycles. The molecule has 0 aliphatic heterocycles. The van der Waals surface area contributed by atoms with Crippen molar-refractivity contribution in [2.24, 2.45) is 17.6 Å². The zero-order valence-corrected chi connectivity index (χ0v) is 17.7. The third kappa shape index (κ3) is 2.48. The summed E-state index contributed by atoms with van der Waals surface area (Å²) in [5, 5.41) is 54.9. The first-order valence-corrected chi connectivity index (χ1v) is 10.1. The minimum atomic E-state index is -2.72. The van der Waals surface area contributed by atoms with Crippen LogP contribution in [0.25, 0.3) is 5.76 Å². The highest BCUT2D eigenvalue weighted by molar-refractivity contribution is 6.24. The first-order valence-electron chi connectivity index (χ1n) is 10.1. The van der Waals surface area contributed by atoms with Gasteiger partial charge in [-0.2, -0.15) is 0 Å². The normalized spacial score (nSPS) is 34.4. The van der Waals surface area contributed by atoms with Crippen molar-refractivity contribution in [1.82, 2.24) is 0 Å². The first kappa shape index (κ1) is 22.0. The summed E-state index contributed by atoms with van der Waals surface area (Å²) < 4.78 is 0. The third-order valence-electron chi connectivity index (χ3n) is 7.12. The van der Waals surface area contributed by atoms with Gasteiger partial charge in [0.25, 0.3) is 5.91 Å². The number of phenols is 1. The Morgan fingerprint density at radius 3 is 2.34 bits per heavy atom. The van der Waals surface area contributed by atoms with Crippen LogP contribution in [-0.2, 0) is 20.0 Å². The van der Waals surface area contributed by atoms with Crippen LogP contribution in [0.3, 0.4) is 0 Å². The highest BCUT2D eigenvalue weighted by Crippen LogP contribution is 2.56. The lowest BCUT2D eigenvalue weighted by Gasteiger charge is -2.51. The molecule has 0 saturated heterocycles. The van der Waals surface area contributed by atoms with E-state index in [1.165, 1.54) is 25.1 Å². The van der Waals surface area contributed by atoms with Gasteiger partial charge in [0, 0.05) is 11.5 Å². The standard InChI is InChI=1S/C22H24N2O8/c1-21(31)8-5-4-6-11(25)12(8)16(26)13-9(21)7-10-15(24(2)3)17(27)14(20(23)30)19(29)22(10,32)18(13)28/h4-6,9-10,15,25-26,29,31-32H,7H2,1-3H3,(H2,23,30)/p+1/t9-,10+,15-,21-,22-/m0/s1. The number of hydrogen-bond donors (Lipinski definition) is 7. The molecule has 4 rings (SSSR count). The van der Waals surface area contributed by atoms with E-state index >= 15 is 0 Å². The van der Waals surface area contributed by atoms with Gasteiger partial charge in [0.2, 0.25) is 11.6 Å². The lowest BCUT2D eigenvalue weighted by Crippen LogP contribution is -3.13. The van der Waals surface area contributed by atoms with Gasteiger partial charge in [-0.05, 0) is 25.0 Å². The molecule has 32 heavy (non-hydrogen) atoms. The summed E-state index contributed by atoms with van der Waals surface area (Å²) in [6.07, 6.45) is -0.179. The van der Waals surface area contributed by atoms with Crippen LogP contribution in [0.4, 0.5) is 0 Å². The van der Waals surface area contributed by atoms with Crippen molar-refractivity contribution in [2.45, 2.75) is 30.6 Å². The number of fused-ring (bicyclic) bond motifs is 3. The van der Waals surface area contributed by atoms with Gasteiger partial charge in [0.05, 0.1) is 31.2 Å². The molecule has 10 nitrogen and oxygen atoms in total. The molecule has 1 saturated carbocycles. The van der Waals surface area contributed by atoms with Crippen molar-refractivity contribution in [2.75, 3.05) is 14.1 Å². The van der Waals surface area contributed by atoms with Gasteiger partial charge in [-0.1, -0.05) is 12.1 Å². The summed E-state index contributed by atoms with van der Waals surface area (Å²) in [6.45, 7) is 1.41. The van der Waals surface area contributed by atoms with Crippen LogP contribution >= 0.6 is 0 Å². The highest BCUT2D eigenvalue weighted by atomic mass is 16.3. The van der Waals surface area contributed by atoms with Crippen molar-refractivity contribution in [3.8, 4) is 5.75 Å². The Morgan fingerprint density at radius 2 is 1.78 bits per heavy atom. The summed E-state index contributed by atoms with van der Waals surface area (Å²) in [7, 11) is 3.17. The number of carbonyl (C=O) groups excluding carboxylic acids is 3. The Bertz CT molecular complexity index is 1150. The molecule has 1 amide bonds. The number of likely N-dealkylation sites (N-methyl/N-ethyl adjacent to an activating group) is 1. The predicted octanol–water partition coefficient (Wildman–Crippen LogP) is -1.79. The molecule has 0 heterocycles. The number of benzene rings is 1. The fourth-order valence-corrected chi connectivity index (χ4v) is 5.60. The van der Waals surface area contributed by atoms with Crippen LogP contribution in [0.5, 0.6) is 5.75 Å². The molecule has 0 bridgehead atoms. The summed E-state index contributed by atoms with van der Waals surface area (Å²) in [4.78, 5) is 39.1. The molecule has 10 heteroatoms. The number of nitrogens with two attached hydrogens (primary N) is 1. The van der Waals surface area contributed by atoms with E-state index in [0.29, 0.717) is 4.90 Å². The molecule has 3 aliphatic rings. The summed E-state index contributed by atoms with van der Waals surface area (Å²) in [5.41, 5.74) is -0.466. The lowest BCUT2D eigenvalue weighted by molar-refractivity contribution is -0.880. The molecular formula is C22H25N2O8+. The van der Waals surface area contributed by atoms with E-state index in [4.69, 9.17) is 5.73 Å². The molecule has 0 unspecified atom stereocenters. The molecule has 0 spiro atoms. The zero-order chi connectivity index (χ0) is 23.9. The van der Waals surface area contributed by atoms with E-state index in [-0.39, 0.29) is 23.3 Å². The van der Waals surface area contributed by atoms with Crippen LogP contribution < -0.4 is 10.6 Å². The minimum Gasteiger partial charge on any atom is -0.508 e. The van der Waals surface area contributed by atoms with Crippen LogP contribution in [0, 0.1) is 11.8 Å². The summed E-state index contributed by atoms with van der Waals surface area (Å²) >= 11 is 0. The van der Waals surface area contributed by atoms with Crippen LogP contribution in [0.2, 0.25) is 0 Å². The molecule has 1 aromatic rings. The van der Waals surface area contributed by atoms with Crippen molar-refractivity contribution in [3.63, 3.8) is 0 Å². The lowest BCUT2D eigenvalue weighted by atomic mass is 9.54. The number of rotatable bonds is 2. The van der Waals surface area contributed by atoms with Crippen molar-refractivity contribution in [1.29, 1.82) is 0 Å². The van der Waals surface area contributed by atoms with Gasteiger partial charge in [-0.3, -0.25) is 14.4 Å². The van der Waals surface area contributed by atoms with Gasteiger partial charge in [0.1, 0.15) is 22.8 Å². The molecule has 1 fully saturated rings. The molecule has 8 N–H and O–H groups in total. The number of aromatic hydroxyl groups is 1. The molecular weight excluding hydrogens is 420 g/mol. The van der Waals surface area contributed by atoms with Crippen molar-refractivity contribution < 1.29 is 44.8 Å². The van der Waals surface area contributed by atoms with Crippen LogP contribution in [0.15, 0.2) is 35.1 Å². The second-order valence-electron chi connectivity index (χ2n) is 9.11. The van der Waals surface area contributed by atoms with Gasteiger partial charge in [-0.25, -0.2) is 0 Å². The third-order valence-corrected chi connectivity index (χ3v) is 7.12. The van der Waals surface area contributed by atoms with E-state index in [2.05, 4.69) is 0 Å². The average Bonchev–Trinajstić information content (AvgIpc) is 2.68. The number of ketones is 2. The molecule has 170 valence electrons. The summed E-state index contributed by atoms with van der Waals surface area (Å²) in [6, 6.07) is 3.11. The second kappa shape index (κ2) is 6.64. The summed E-state index contributed by atoms with van der Waals surface area (Å²) in [5.74, 6) is -7.76. The zero-order valence-electron chi connectivity index (χ0n) is 17.7. The van der Waals surface area contributed by atoms with E-state index < -0.39 is 69.2 Å². The fraction of sp³-hybridized carbons (Fsp3) is 0.409. The Morgan fingerprint density at radius 1 is 1.16 bits per heavy atom. The van der Waals surface area contributed by atoms with E-state index in [9.17, 15) is 39.9 Å². The first-order chi connectivity index (χ1) is 14.8. The number of primary amides is 1. The molecule has 3 aliphatic carbocycles. The van der Waals surface area contributed by atoms with Gasteiger partial charge >= 0.3 is 0 Å². The number of carbonyl (C=O) groups is 3. The number of aliphatic hydroxyl groups is 4. The maximum atomic E-state index is 13.7. The fourth-order valence-electron chi connectivity index (χ4n) is 5.60. The topological polar surface area (TPSA) is 183 Å². The molecule has 0 aromatic heterocycles. The maximum Gasteiger partial charge on any atom is 0.256 e.